The summed E-state index contributed by atoms with van der Waals surface area (Å²) in [5, 5.41) is 2.06. The molecule has 0 atom stereocenters. The molecule has 0 saturated carbocycles. The molecule has 0 aliphatic heterocycles. The highest BCUT2D eigenvalue weighted by Crippen LogP contribution is 2.32. The lowest BCUT2D eigenvalue weighted by Gasteiger charge is -2.09. The summed E-state index contributed by atoms with van der Waals surface area (Å²) in [6, 6.07) is 14.1. The van der Waals surface area contributed by atoms with Gasteiger partial charge in [-0.25, -0.2) is 27.3 Å². The van der Waals surface area contributed by atoms with Gasteiger partial charge in [0.1, 0.15) is 4.90 Å². The van der Waals surface area contributed by atoms with E-state index in [2.05, 4.69) is 19.9 Å². The average Bonchev–Trinajstić information content (AvgIpc) is 3.19. The Hall–Kier alpha value is -3.30. The number of hydrogen-bond acceptors (Lipinski definition) is 7. The first-order chi connectivity index (χ1) is 14.6. The van der Waals surface area contributed by atoms with Crippen LogP contribution >= 0.6 is 11.8 Å². The minimum absolute atomic E-state index is 0.127. The minimum atomic E-state index is -3.95. The second kappa shape index (κ2) is 7.19. The van der Waals surface area contributed by atoms with Gasteiger partial charge in [0.2, 0.25) is 0 Å². The van der Waals surface area contributed by atoms with Gasteiger partial charge >= 0.3 is 0 Å². The van der Waals surface area contributed by atoms with E-state index in [0.29, 0.717) is 33.0 Å². The Labute approximate surface area is 176 Å². The van der Waals surface area contributed by atoms with E-state index in [9.17, 15) is 8.42 Å². The molecule has 4 heterocycles. The zero-order valence-electron chi connectivity index (χ0n) is 15.8. The lowest BCUT2D eigenvalue weighted by atomic mass is 10.1. The normalized spacial score (nSPS) is 11.9. The molecule has 0 bridgehead atoms. The summed E-state index contributed by atoms with van der Waals surface area (Å²) in [4.78, 5) is 17.5. The molecule has 0 aliphatic carbocycles. The van der Waals surface area contributed by atoms with Crippen molar-refractivity contribution in [2.24, 2.45) is 0 Å². The number of hydrogen-bond donors (Lipinski definition) is 0. The Bertz CT molecular complexity index is 1510. The van der Waals surface area contributed by atoms with Crippen molar-refractivity contribution in [1.82, 2.24) is 23.9 Å². The average molecular weight is 434 g/mol. The molecule has 0 unspecified atom stereocenters. The summed E-state index contributed by atoms with van der Waals surface area (Å²) in [5.41, 5.74) is 2.07. The van der Waals surface area contributed by atoms with Gasteiger partial charge < -0.3 is 0 Å². The first kappa shape index (κ1) is 18.7. The molecule has 0 saturated heterocycles. The molecule has 148 valence electrons. The summed E-state index contributed by atoms with van der Waals surface area (Å²) in [6.45, 7) is 0. The standard InChI is InChI=1S/C21H15N5O2S2/c1-29-21-24-12-9-17(25-21)16-13-26(20-15(16)7-4-11-23-20)30(27,28)18-8-2-5-14-6-3-10-22-19(14)18/h2-13H,1H3. The van der Waals surface area contributed by atoms with E-state index in [4.69, 9.17) is 0 Å². The zero-order chi connectivity index (χ0) is 20.7. The van der Waals surface area contributed by atoms with Crippen LogP contribution in [0.3, 0.4) is 0 Å². The van der Waals surface area contributed by atoms with E-state index in [1.54, 1.807) is 55.1 Å². The molecular weight excluding hydrogens is 418 g/mol. The smallest absolute Gasteiger partial charge is 0.255 e. The number of aromatic nitrogens is 5. The highest BCUT2D eigenvalue weighted by molar-refractivity contribution is 7.98. The summed E-state index contributed by atoms with van der Waals surface area (Å²) in [7, 11) is -3.95. The van der Waals surface area contributed by atoms with Gasteiger partial charge in [-0.15, -0.1) is 0 Å². The van der Waals surface area contributed by atoms with Crippen LogP contribution in [0.15, 0.2) is 83.4 Å². The van der Waals surface area contributed by atoms with Crippen LogP contribution in [-0.2, 0) is 10.0 Å². The molecule has 5 rings (SSSR count). The molecule has 4 aromatic heterocycles. The molecule has 0 fully saturated rings. The van der Waals surface area contributed by atoms with Crippen molar-refractivity contribution < 1.29 is 8.42 Å². The summed E-state index contributed by atoms with van der Waals surface area (Å²) in [5.74, 6) is 0. The first-order valence-electron chi connectivity index (χ1n) is 9.02. The van der Waals surface area contributed by atoms with E-state index in [1.165, 1.54) is 15.7 Å². The molecule has 30 heavy (non-hydrogen) atoms. The molecule has 0 aliphatic rings. The Kier molecular flexibility index (Phi) is 4.48. The van der Waals surface area contributed by atoms with E-state index >= 15 is 0 Å². The van der Waals surface area contributed by atoms with Crippen LogP contribution in [0.5, 0.6) is 0 Å². The Morgan fingerprint density at radius 1 is 0.900 bits per heavy atom. The molecule has 7 nitrogen and oxygen atoms in total. The molecular formula is C21H15N5O2S2. The van der Waals surface area contributed by atoms with Gasteiger partial charge in [-0.05, 0) is 36.6 Å². The lowest BCUT2D eigenvalue weighted by molar-refractivity contribution is 0.589. The fourth-order valence-corrected chi connectivity index (χ4v) is 5.25. The van der Waals surface area contributed by atoms with Gasteiger partial charge in [-0.2, -0.15) is 0 Å². The third kappa shape index (κ3) is 2.94. The predicted octanol–water partition coefficient (Wildman–Crippen LogP) is 4.00. The van der Waals surface area contributed by atoms with Gasteiger partial charge in [0.05, 0.1) is 11.2 Å². The topological polar surface area (TPSA) is 90.6 Å². The van der Waals surface area contributed by atoms with Gasteiger partial charge in [-0.1, -0.05) is 30.0 Å². The molecule has 9 heteroatoms. The highest BCUT2D eigenvalue weighted by atomic mass is 32.2. The fraction of sp³-hybridized carbons (Fsp3) is 0.0476. The Morgan fingerprint density at radius 2 is 1.70 bits per heavy atom. The van der Waals surface area contributed by atoms with Gasteiger partial charge in [-0.3, -0.25) is 4.98 Å². The second-order valence-electron chi connectivity index (χ2n) is 6.48. The maximum absolute atomic E-state index is 13.7. The van der Waals surface area contributed by atoms with Crippen LogP contribution in [0, 0.1) is 0 Å². The van der Waals surface area contributed by atoms with E-state index in [0.717, 1.165) is 5.39 Å². The summed E-state index contributed by atoms with van der Waals surface area (Å²) in [6.07, 6.45) is 8.29. The summed E-state index contributed by atoms with van der Waals surface area (Å²) < 4.78 is 28.6. The third-order valence-electron chi connectivity index (χ3n) is 4.76. The lowest BCUT2D eigenvalue weighted by Crippen LogP contribution is -2.13. The van der Waals surface area contributed by atoms with Crippen molar-refractivity contribution in [3.05, 3.63) is 73.3 Å². The van der Waals surface area contributed by atoms with Crippen LogP contribution in [0.25, 0.3) is 33.2 Å². The fourth-order valence-electron chi connectivity index (χ4n) is 3.40. The number of benzene rings is 1. The first-order valence-corrected chi connectivity index (χ1v) is 11.7. The zero-order valence-corrected chi connectivity index (χ0v) is 17.4. The van der Waals surface area contributed by atoms with Crippen molar-refractivity contribution >= 4 is 43.7 Å². The maximum Gasteiger partial charge on any atom is 0.271 e. The van der Waals surface area contributed by atoms with Crippen molar-refractivity contribution in [1.29, 1.82) is 0 Å². The quantitative estimate of drug-likeness (QED) is 0.312. The van der Waals surface area contributed by atoms with E-state index in [-0.39, 0.29) is 4.90 Å². The van der Waals surface area contributed by atoms with Crippen molar-refractivity contribution in [2.45, 2.75) is 10.1 Å². The third-order valence-corrected chi connectivity index (χ3v) is 7.00. The monoisotopic (exact) mass is 433 g/mol. The number of thioether (sulfide) groups is 1. The maximum atomic E-state index is 13.7. The molecule has 1 aromatic carbocycles. The highest BCUT2D eigenvalue weighted by Gasteiger charge is 2.25. The number of nitrogens with zero attached hydrogens (tertiary/aromatic N) is 5. The predicted molar refractivity (Wildman–Crippen MR) is 117 cm³/mol. The number of pyridine rings is 2. The SMILES string of the molecule is CSc1nccc(-c2cn(S(=O)(=O)c3cccc4cccnc34)c3ncccc23)n1. The van der Waals surface area contributed by atoms with Crippen LogP contribution in [0.1, 0.15) is 0 Å². The number of fused-ring (bicyclic) bond motifs is 2. The van der Waals surface area contributed by atoms with Crippen molar-refractivity contribution in [3.8, 4) is 11.3 Å². The van der Waals surface area contributed by atoms with E-state index < -0.39 is 10.0 Å². The Balaban J connectivity index is 1.79. The van der Waals surface area contributed by atoms with Crippen molar-refractivity contribution in [2.75, 3.05) is 6.26 Å². The molecule has 0 N–H and O–H groups in total. The van der Waals surface area contributed by atoms with E-state index in [1.807, 2.05) is 24.5 Å². The molecule has 5 aromatic rings. The van der Waals surface area contributed by atoms with Gasteiger partial charge in [0, 0.05) is 41.1 Å². The van der Waals surface area contributed by atoms with Crippen LogP contribution in [0.4, 0.5) is 0 Å². The van der Waals surface area contributed by atoms with Crippen LogP contribution < -0.4 is 0 Å². The van der Waals surface area contributed by atoms with Gasteiger partial charge in [0.15, 0.2) is 10.8 Å². The Morgan fingerprint density at radius 3 is 2.57 bits per heavy atom. The van der Waals surface area contributed by atoms with Crippen LogP contribution in [0.2, 0.25) is 0 Å². The summed E-state index contributed by atoms with van der Waals surface area (Å²) >= 11 is 1.42. The van der Waals surface area contributed by atoms with Crippen molar-refractivity contribution in [3.63, 3.8) is 0 Å². The van der Waals surface area contributed by atoms with Crippen LogP contribution in [-0.4, -0.2) is 38.6 Å². The number of para-hydroxylation sites is 1. The largest absolute Gasteiger partial charge is 0.271 e. The second-order valence-corrected chi connectivity index (χ2v) is 9.03. The molecule has 0 amide bonds. The number of rotatable bonds is 4. The molecule has 0 spiro atoms. The molecule has 0 radical (unpaired) electrons. The van der Waals surface area contributed by atoms with Gasteiger partial charge in [0.25, 0.3) is 10.0 Å². The minimum Gasteiger partial charge on any atom is -0.255 e.